The van der Waals surface area contributed by atoms with Gasteiger partial charge in [0.2, 0.25) is 0 Å². The highest BCUT2D eigenvalue weighted by atomic mass is 16.5. The molecule has 1 unspecified atom stereocenters. The molecule has 0 aliphatic heterocycles. The monoisotopic (exact) mass is 259 g/mol. The van der Waals surface area contributed by atoms with Gasteiger partial charge in [-0.3, -0.25) is 4.79 Å². The summed E-state index contributed by atoms with van der Waals surface area (Å²) in [6, 6.07) is 0.0173. The van der Waals surface area contributed by atoms with Crippen LogP contribution in [0.4, 0.5) is 0 Å². The number of methoxy groups -OCH3 is 1. The number of nitrogens with zero attached hydrogens (tertiary/aromatic N) is 2. The van der Waals surface area contributed by atoms with Crippen molar-refractivity contribution in [2.24, 2.45) is 0 Å². The zero-order valence-electron chi connectivity index (χ0n) is 12.7. The standard InChI is InChI=1S/C13H29N3O2/c1-11(2)14-12(13(17)18-6)10-16(5)9-7-8-15(3)4/h11-12,14H,7-10H2,1-6H3. The Bertz CT molecular complexity index is 232. The molecule has 0 fully saturated rings. The number of hydrogen-bond donors (Lipinski definition) is 1. The van der Waals surface area contributed by atoms with Gasteiger partial charge in [0.15, 0.2) is 0 Å². The topological polar surface area (TPSA) is 44.8 Å². The maximum absolute atomic E-state index is 11.6. The maximum Gasteiger partial charge on any atom is 0.324 e. The summed E-state index contributed by atoms with van der Waals surface area (Å²) in [5.74, 6) is -0.192. The molecule has 0 amide bonds. The van der Waals surface area contributed by atoms with Crippen LogP contribution < -0.4 is 5.32 Å². The minimum absolute atomic E-state index is 0.192. The molecular formula is C13H29N3O2. The summed E-state index contributed by atoms with van der Waals surface area (Å²) in [5.41, 5.74) is 0. The van der Waals surface area contributed by atoms with Gasteiger partial charge in [0.25, 0.3) is 0 Å². The molecule has 0 bridgehead atoms. The van der Waals surface area contributed by atoms with Crippen LogP contribution in [0.15, 0.2) is 0 Å². The second-order valence-electron chi connectivity index (χ2n) is 5.32. The van der Waals surface area contributed by atoms with E-state index in [9.17, 15) is 4.79 Å². The van der Waals surface area contributed by atoms with E-state index in [1.54, 1.807) is 0 Å². The molecule has 108 valence electrons. The normalized spacial score (nSPS) is 13.4. The molecule has 0 aromatic rings. The Morgan fingerprint density at radius 1 is 1.22 bits per heavy atom. The lowest BCUT2D eigenvalue weighted by molar-refractivity contribution is -0.143. The molecule has 1 N–H and O–H groups in total. The van der Waals surface area contributed by atoms with Gasteiger partial charge in [0.05, 0.1) is 7.11 Å². The van der Waals surface area contributed by atoms with E-state index in [1.807, 2.05) is 20.9 Å². The minimum atomic E-state index is -0.251. The summed E-state index contributed by atoms with van der Waals surface area (Å²) < 4.78 is 4.82. The molecule has 5 nitrogen and oxygen atoms in total. The quantitative estimate of drug-likeness (QED) is 0.608. The lowest BCUT2D eigenvalue weighted by Crippen LogP contribution is -2.48. The van der Waals surface area contributed by atoms with Crippen LogP contribution in [0.5, 0.6) is 0 Å². The first-order valence-electron chi connectivity index (χ1n) is 6.54. The zero-order chi connectivity index (χ0) is 14.1. The maximum atomic E-state index is 11.6. The van der Waals surface area contributed by atoms with Crippen LogP contribution in [-0.4, -0.2) is 75.7 Å². The van der Waals surface area contributed by atoms with Crippen molar-refractivity contribution in [3.05, 3.63) is 0 Å². The van der Waals surface area contributed by atoms with Crippen molar-refractivity contribution in [3.8, 4) is 0 Å². The number of nitrogens with one attached hydrogen (secondary N) is 1. The highest BCUT2D eigenvalue weighted by molar-refractivity contribution is 5.75. The van der Waals surface area contributed by atoms with Crippen molar-refractivity contribution in [1.82, 2.24) is 15.1 Å². The molecule has 0 heterocycles. The number of carbonyl (C=O) groups excluding carboxylic acids is 1. The Kier molecular flexibility index (Phi) is 8.97. The Morgan fingerprint density at radius 2 is 1.83 bits per heavy atom. The molecule has 0 aliphatic carbocycles. The second-order valence-corrected chi connectivity index (χ2v) is 5.32. The predicted molar refractivity (Wildman–Crippen MR) is 74.7 cm³/mol. The van der Waals surface area contributed by atoms with Crippen molar-refractivity contribution in [3.63, 3.8) is 0 Å². The van der Waals surface area contributed by atoms with Crippen molar-refractivity contribution in [2.45, 2.75) is 32.4 Å². The predicted octanol–water partition coefficient (Wildman–Crippen LogP) is 0.410. The lowest BCUT2D eigenvalue weighted by atomic mass is 10.2. The molecule has 0 saturated carbocycles. The van der Waals surface area contributed by atoms with E-state index in [-0.39, 0.29) is 18.1 Å². The smallest absolute Gasteiger partial charge is 0.324 e. The zero-order valence-corrected chi connectivity index (χ0v) is 12.7. The first-order chi connectivity index (χ1) is 8.36. The van der Waals surface area contributed by atoms with E-state index in [0.29, 0.717) is 6.54 Å². The van der Waals surface area contributed by atoms with Gasteiger partial charge in [-0.1, -0.05) is 13.8 Å². The molecule has 0 spiro atoms. The molecular weight excluding hydrogens is 230 g/mol. The van der Waals surface area contributed by atoms with Gasteiger partial charge in [0.1, 0.15) is 6.04 Å². The Balaban J connectivity index is 4.09. The van der Waals surface area contributed by atoms with Gasteiger partial charge >= 0.3 is 5.97 Å². The van der Waals surface area contributed by atoms with Gasteiger partial charge < -0.3 is 19.9 Å². The van der Waals surface area contributed by atoms with Crippen LogP contribution in [-0.2, 0) is 9.53 Å². The summed E-state index contributed by atoms with van der Waals surface area (Å²) in [6.07, 6.45) is 1.10. The van der Waals surface area contributed by atoms with Crippen molar-refractivity contribution in [2.75, 3.05) is 47.9 Å². The summed E-state index contributed by atoms with van der Waals surface area (Å²) in [4.78, 5) is 16.0. The Hall–Kier alpha value is -0.650. The number of ether oxygens (including phenoxy) is 1. The van der Waals surface area contributed by atoms with E-state index in [2.05, 4.69) is 29.2 Å². The largest absolute Gasteiger partial charge is 0.468 e. The third kappa shape index (κ3) is 8.44. The summed E-state index contributed by atoms with van der Waals surface area (Å²) in [5, 5.41) is 3.23. The molecule has 5 heteroatoms. The Morgan fingerprint density at radius 3 is 2.28 bits per heavy atom. The van der Waals surface area contributed by atoms with Crippen LogP contribution >= 0.6 is 0 Å². The molecule has 0 aromatic carbocycles. The molecule has 1 atom stereocenters. The van der Waals surface area contributed by atoms with Crippen LogP contribution in [0.25, 0.3) is 0 Å². The van der Waals surface area contributed by atoms with E-state index in [1.165, 1.54) is 7.11 Å². The van der Waals surface area contributed by atoms with Gasteiger partial charge in [-0.15, -0.1) is 0 Å². The van der Waals surface area contributed by atoms with E-state index in [4.69, 9.17) is 4.74 Å². The molecule has 0 aromatic heterocycles. The summed E-state index contributed by atoms with van der Waals surface area (Å²) in [7, 11) is 7.60. The van der Waals surface area contributed by atoms with Gasteiger partial charge in [0, 0.05) is 12.6 Å². The van der Waals surface area contributed by atoms with Crippen LogP contribution in [0.1, 0.15) is 20.3 Å². The first kappa shape index (κ1) is 17.4. The van der Waals surface area contributed by atoms with Crippen molar-refractivity contribution < 1.29 is 9.53 Å². The molecule has 18 heavy (non-hydrogen) atoms. The van der Waals surface area contributed by atoms with E-state index in [0.717, 1.165) is 19.5 Å². The van der Waals surface area contributed by atoms with Gasteiger partial charge in [-0.05, 0) is 40.7 Å². The number of likely N-dealkylation sites (N-methyl/N-ethyl adjacent to an activating group) is 1. The molecule has 0 saturated heterocycles. The molecule has 0 rings (SSSR count). The van der Waals surface area contributed by atoms with Crippen LogP contribution in [0.2, 0.25) is 0 Å². The number of hydrogen-bond acceptors (Lipinski definition) is 5. The fourth-order valence-electron chi connectivity index (χ4n) is 1.80. The van der Waals surface area contributed by atoms with Gasteiger partial charge in [-0.25, -0.2) is 0 Å². The SMILES string of the molecule is COC(=O)C(CN(C)CCCN(C)C)NC(C)C. The third-order valence-electron chi connectivity index (χ3n) is 2.66. The fraction of sp³-hybridized carbons (Fsp3) is 0.923. The average Bonchev–Trinajstić information content (AvgIpc) is 2.25. The van der Waals surface area contributed by atoms with Crippen molar-refractivity contribution >= 4 is 5.97 Å². The average molecular weight is 259 g/mol. The minimum Gasteiger partial charge on any atom is -0.468 e. The molecule has 0 radical (unpaired) electrons. The highest BCUT2D eigenvalue weighted by Gasteiger charge is 2.21. The van der Waals surface area contributed by atoms with Crippen molar-refractivity contribution in [1.29, 1.82) is 0 Å². The lowest BCUT2D eigenvalue weighted by Gasteiger charge is -2.25. The number of esters is 1. The fourth-order valence-corrected chi connectivity index (χ4v) is 1.80. The number of rotatable bonds is 9. The van der Waals surface area contributed by atoms with Crippen LogP contribution in [0.3, 0.4) is 0 Å². The first-order valence-corrected chi connectivity index (χ1v) is 6.54. The molecule has 0 aliphatic rings. The summed E-state index contributed by atoms with van der Waals surface area (Å²) in [6.45, 7) is 6.78. The summed E-state index contributed by atoms with van der Waals surface area (Å²) >= 11 is 0. The Labute approximate surface area is 111 Å². The van der Waals surface area contributed by atoms with Crippen LogP contribution in [0, 0.1) is 0 Å². The number of carbonyl (C=O) groups is 1. The second kappa shape index (κ2) is 9.30. The van der Waals surface area contributed by atoms with E-state index >= 15 is 0 Å². The van der Waals surface area contributed by atoms with Gasteiger partial charge in [-0.2, -0.15) is 0 Å². The third-order valence-corrected chi connectivity index (χ3v) is 2.66. The highest BCUT2D eigenvalue weighted by Crippen LogP contribution is 1.97. The van der Waals surface area contributed by atoms with E-state index < -0.39 is 0 Å².